The molecule has 0 unspecified atom stereocenters. The molecule has 132 valence electrons. The van der Waals surface area contributed by atoms with Crippen LogP contribution in [0.4, 0.5) is 17.4 Å². The quantitative estimate of drug-likeness (QED) is 0.335. The topological polar surface area (TPSA) is 163 Å². The molecule has 2 aromatic heterocycles. The summed E-state index contributed by atoms with van der Waals surface area (Å²) in [6, 6.07) is 0. The van der Waals surface area contributed by atoms with Crippen molar-refractivity contribution in [1.82, 2.24) is 9.97 Å². The summed E-state index contributed by atoms with van der Waals surface area (Å²) in [5, 5.41) is 13.2. The molecule has 0 aromatic carbocycles. The van der Waals surface area contributed by atoms with Crippen LogP contribution in [0.15, 0.2) is 10.7 Å². The second kappa shape index (κ2) is 7.13. The summed E-state index contributed by atoms with van der Waals surface area (Å²) in [4.78, 5) is 41.3. The zero-order valence-electron chi connectivity index (χ0n) is 13.0. The van der Waals surface area contributed by atoms with E-state index in [1.165, 1.54) is 6.92 Å². The maximum absolute atomic E-state index is 12.0. The maximum Gasteiger partial charge on any atom is 0.348 e. The molecule has 0 aliphatic rings. The number of furan rings is 1. The largest absolute Gasteiger partial charge is 0.462 e. The minimum atomic E-state index is -0.995. The van der Waals surface area contributed by atoms with Crippen molar-refractivity contribution in [2.24, 2.45) is 5.73 Å². The number of primary amides is 1. The fourth-order valence-electron chi connectivity index (χ4n) is 2.03. The van der Waals surface area contributed by atoms with Gasteiger partial charge in [0.1, 0.15) is 23.2 Å². The van der Waals surface area contributed by atoms with E-state index in [1.54, 1.807) is 6.92 Å². The molecule has 0 radical (unpaired) electrons. The van der Waals surface area contributed by atoms with Gasteiger partial charge in [0.15, 0.2) is 0 Å². The van der Waals surface area contributed by atoms with Gasteiger partial charge in [0, 0.05) is 0 Å². The highest BCUT2D eigenvalue weighted by Gasteiger charge is 2.30. The molecule has 2 rings (SSSR count). The maximum atomic E-state index is 12.0. The van der Waals surface area contributed by atoms with Crippen molar-refractivity contribution in [3.8, 4) is 0 Å². The molecule has 0 bridgehead atoms. The van der Waals surface area contributed by atoms with Crippen molar-refractivity contribution < 1.29 is 23.7 Å². The van der Waals surface area contributed by atoms with Gasteiger partial charge in [-0.05, 0) is 13.8 Å². The van der Waals surface area contributed by atoms with Crippen molar-refractivity contribution >= 4 is 40.9 Å². The SMILES string of the molecule is CCOC(=O)c1c(C)oc(Nc2ncnc(Cl)c2[N+](=O)[O-])c1C(N)=O. The molecule has 0 atom stereocenters. The van der Waals surface area contributed by atoms with E-state index in [4.69, 9.17) is 26.5 Å². The van der Waals surface area contributed by atoms with E-state index in [2.05, 4.69) is 15.3 Å². The van der Waals surface area contributed by atoms with Crippen LogP contribution in [0.5, 0.6) is 0 Å². The number of anilines is 2. The molecule has 0 fully saturated rings. The summed E-state index contributed by atoms with van der Waals surface area (Å²) in [6.07, 6.45) is 0.976. The van der Waals surface area contributed by atoms with Gasteiger partial charge < -0.3 is 20.2 Å². The number of carbonyl (C=O) groups is 2. The molecule has 11 nitrogen and oxygen atoms in total. The number of esters is 1. The summed E-state index contributed by atoms with van der Waals surface area (Å²) in [7, 11) is 0. The summed E-state index contributed by atoms with van der Waals surface area (Å²) in [6.45, 7) is 3.06. The normalized spacial score (nSPS) is 10.4. The fraction of sp³-hybridized carbons (Fsp3) is 0.231. The van der Waals surface area contributed by atoms with Crippen LogP contribution in [-0.4, -0.2) is 33.4 Å². The highest BCUT2D eigenvalue weighted by molar-refractivity contribution is 6.31. The number of hydrogen-bond donors (Lipinski definition) is 2. The average Bonchev–Trinajstić information content (AvgIpc) is 2.83. The van der Waals surface area contributed by atoms with Crippen molar-refractivity contribution in [2.75, 3.05) is 11.9 Å². The molecular weight excluding hydrogens is 358 g/mol. The zero-order chi connectivity index (χ0) is 18.7. The lowest BCUT2D eigenvalue weighted by Crippen LogP contribution is -2.18. The van der Waals surface area contributed by atoms with Crippen LogP contribution in [-0.2, 0) is 4.74 Å². The van der Waals surface area contributed by atoms with Gasteiger partial charge in [0.25, 0.3) is 5.91 Å². The van der Waals surface area contributed by atoms with Gasteiger partial charge in [0.05, 0.1) is 11.5 Å². The number of hydrogen-bond acceptors (Lipinski definition) is 9. The monoisotopic (exact) mass is 369 g/mol. The van der Waals surface area contributed by atoms with E-state index in [9.17, 15) is 19.7 Å². The Bertz CT molecular complexity index is 865. The molecule has 12 heteroatoms. The number of nitrogens with zero attached hydrogens (tertiary/aromatic N) is 3. The summed E-state index contributed by atoms with van der Waals surface area (Å²) >= 11 is 5.69. The first-order valence-corrected chi connectivity index (χ1v) is 7.17. The van der Waals surface area contributed by atoms with E-state index < -0.39 is 27.6 Å². The number of halogens is 1. The predicted molar refractivity (Wildman–Crippen MR) is 84.9 cm³/mol. The first-order valence-electron chi connectivity index (χ1n) is 6.80. The van der Waals surface area contributed by atoms with E-state index in [0.717, 1.165) is 6.33 Å². The van der Waals surface area contributed by atoms with Crippen molar-refractivity contribution in [3.05, 3.63) is 38.5 Å². The van der Waals surface area contributed by atoms with E-state index in [1.807, 2.05) is 0 Å². The van der Waals surface area contributed by atoms with Crippen molar-refractivity contribution in [1.29, 1.82) is 0 Å². The number of aromatic nitrogens is 2. The third-order valence-corrected chi connectivity index (χ3v) is 3.28. The van der Waals surface area contributed by atoms with Crippen LogP contribution in [0.1, 0.15) is 33.4 Å². The zero-order valence-corrected chi connectivity index (χ0v) is 13.8. The molecule has 1 amide bonds. The Balaban J connectivity index is 2.57. The Kier molecular flexibility index (Phi) is 5.17. The van der Waals surface area contributed by atoms with E-state index in [-0.39, 0.29) is 35.2 Å². The lowest BCUT2D eigenvalue weighted by atomic mass is 10.1. The van der Waals surface area contributed by atoms with Crippen LogP contribution in [0.3, 0.4) is 0 Å². The molecule has 3 N–H and O–H groups in total. The number of ether oxygens (including phenoxy) is 1. The summed E-state index contributed by atoms with van der Waals surface area (Å²) in [5.41, 5.74) is 4.17. The Labute approximate surface area is 145 Å². The van der Waals surface area contributed by atoms with Crippen LogP contribution in [0.25, 0.3) is 0 Å². The molecule has 2 heterocycles. The Morgan fingerprint density at radius 1 is 1.44 bits per heavy atom. The number of nitrogens with two attached hydrogens (primary N) is 1. The predicted octanol–water partition coefficient (Wildman–Crippen LogP) is 1.96. The summed E-state index contributed by atoms with van der Waals surface area (Å²) < 4.78 is 10.2. The van der Waals surface area contributed by atoms with Gasteiger partial charge in [-0.2, -0.15) is 0 Å². The van der Waals surface area contributed by atoms with E-state index >= 15 is 0 Å². The van der Waals surface area contributed by atoms with Crippen molar-refractivity contribution in [2.45, 2.75) is 13.8 Å². The van der Waals surface area contributed by atoms with Crippen LogP contribution in [0.2, 0.25) is 5.15 Å². The van der Waals surface area contributed by atoms with Crippen LogP contribution in [0, 0.1) is 17.0 Å². The Hall–Kier alpha value is -3.21. The number of nitro groups is 1. The Morgan fingerprint density at radius 2 is 2.12 bits per heavy atom. The van der Waals surface area contributed by atoms with Gasteiger partial charge in [-0.3, -0.25) is 14.9 Å². The lowest BCUT2D eigenvalue weighted by molar-refractivity contribution is -0.384. The minimum Gasteiger partial charge on any atom is -0.462 e. The second-order valence-electron chi connectivity index (χ2n) is 4.57. The molecule has 0 aliphatic heterocycles. The highest BCUT2D eigenvalue weighted by Crippen LogP contribution is 2.34. The van der Waals surface area contributed by atoms with Crippen molar-refractivity contribution in [3.63, 3.8) is 0 Å². The van der Waals surface area contributed by atoms with Crippen LogP contribution >= 0.6 is 11.6 Å². The first-order chi connectivity index (χ1) is 11.8. The number of amides is 1. The summed E-state index contributed by atoms with van der Waals surface area (Å²) in [5.74, 6) is -2.41. The Morgan fingerprint density at radius 3 is 2.68 bits per heavy atom. The first kappa shape index (κ1) is 18.1. The number of nitrogens with one attached hydrogen (secondary N) is 1. The van der Waals surface area contributed by atoms with Gasteiger partial charge >= 0.3 is 11.7 Å². The van der Waals surface area contributed by atoms with Gasteiger partial charge in [-0.15, -0.1) is 0 Å². The van der Waals surface area contributed by atoms with Crippen LogP contribution < -0.4 is 11.1 Å². The van der Waals surface area contributed by atoms with Gasteiger partial charge in [-0.25, -0.2) is 14.8 Å². The number of rotatable bonds is 6. The fourth-order valence-corrected chi connectivity index (χ4v) is 2.24. The smallest absolute Gasteiger partial charge is 0.348 e. The molecule has 0 aliphatic carbocycles. The highest BCUT2D eigenvalue weighted by atomic mass is 35.5. The molecule has 2 aromatic rings. The third kappa shape index (κ3) is 3.50. The van der Waals surface area contributed by atoms with Gasteiger partial charge in [-0.1, -0.05) is 11.6 Å². The number of aryl methyl sites for hydroxylation is 1. The average molecular weight is 370 g/mol. The third-order valence-electron chi connectivity index (χ3n) is 3.00. The molecule has 0 saturated carbocycles. The lowest BCUT2D eigenvalue weighted by Gasteiger charge is -2.05. The molecule has 0 spiro atoms. The standard InChI is InChI=1S/C13H12ClN5O6/c1-3-24-13(21)6-5(2)25-12(7(6)10(15)20)18-11-8(19(22)23)9(14)16-4-17-11/h4H,3H2,1-2H3,(H2,15,20)(H,16,17,18). The second-order valence-corrected chi connectivity index (χ2v) is 4.92. The van der Waals surface area contributed by atoms with Gasteiger partial charge in [0.2, 0.25) is 16.9 Å². The minimum absolute atomic E-state index is 0.0394. The molecule has 25 heavy (non-hydrogen) atoms. The number of carbonyl (C=O) groups excluding carboxylic acids is 2. The molecule has 0 saturated heterocycles. The molecular formula is C13H12ClN5O6. The van der Waals surface area contributed by atoms with E-state index in [0.29, 0.717) is 0 Å².